The second-order valence-electron chi connectivity index (χ2n) is 9.30. The largest absolute Gasteiger partial charge is 0.393 e. The van der Waals surface area contributed by atoms with E-state index in [1.165, 1.54) is 0 Å². The summed E-state index contributed by atoms with van der Waals surface area (Å²) in [6.45, 7) is 12.1. The van der Waals surface area contributed by atoms with Gasteiger partial charge in [0.25, 0.3) is 0 Å². The molecule has 2 saturated carbocycles. The Hall–Kier alpha value is -0.710. The molecule has 2 aliphatic carbocycles. The molecule has 1 heterocycles. The van der Waals surface area contributed by atoms with Crippen LogP contribution in [0.4, 0.5) is 0 Å². The Morgan fingerprint density at radius 2 is 1.83 bits per heavy atom. The second kappa shape index (κ2) is 5.39. The van der Waals surface area contributed by atoms with Crippen molar-refractivity contribution in [3.63, 3.8) is 0 Å². The highest BCUT2D eigenvalue weighted by Gasteiger charge is 2.70. The Balaban J connectivity index is 2.13. The first kappa shape index (κ1) is 18.1. The molecule has 7 atom stereocenters. The number of aliphatic hydroxyl groups excluding tert-OH is 2. The van der Waals surface area contributed by atoms with Crippen molar-refractivity contribution in [2.75, 3.05) is 0 Å². The summed E-state index contributed by atoms with van der Waals surface area (Å²) in [4.78, 5) is 13.1. The standard InChI is InChI=1S/C20H32O4/c1-7-11(2)15-14(23)17-19(5,24-15)10-12(21)16-18(3,4)9-8-13(22)20(16,17)6/h7,12,14-17,21,23H,8-10H2,1-6H3/b11-7+/t12-,14-,15-,16+,17+,19-,20+/m1/s1. The van der Waals surface area contributed by atoms with E-state index in [1.807, 2.05) is 33.8 Å². The van der Waals surface area contributed by atoms with Crippen LogP contribution in [0.3, 0.4) is 0 Å². The van der Waals surface area contributed by atoms with E-state index in [1.54, 1.807) is 0 Å². The Kier molecular flexibility index (Phi) is 4.06. The van der Waals surface area contributed by atoms with Gasteiger partial charge in [0.15, 0.2) is 0 Å². The third-order valence-electron chi connectivity index (χ3n) is 7.34. The summed E-state index contributed by atoms with van der Waals surface area (Å²) in [5.41, 5.74) is -0.578. The Morgan fingerprint density at radius 1 is 1.21 bits per heavy atom. The quantitative estimate of drug-likeness (QED) is 0.723. The van der Waals surface area contributed by atoms with Crippen LogP contribution in [-0.2, 0) is 9.53 Å². The van der Waals surface area contributed by atoms with Gasteiger partial charge in [0, 0.05) is 30.1 Å². The van der Waals surface area contributed by atoms with Crippen LogP contribution >= 0.6 is 0 Å². The number of hydrogen-bond donors (Lipinski definition) is 2. The predicted octanol–water partition coefficient (Wildman–Crippen LogP) is 2.86. The van der Waals surface area contributed by atoms with Crippen molar-refractivity contribution in [1.82, 2.24) is 0 Å². The SMILES string of the molecule is C/C=C(\C)[C@H]1O[C@]2(C)C[C@@H](O)[C@H]3C(C)(C)CCC(=O)[C@]3(C)[C@H]2[C@@H]1O. The molecule has 24 heavy (non-hydrogen) atoms. The lowest BCUT2D eigenvalue weighted by atomic mass is 9.44. The minimum Gasteiger partial charge on any atom is -0.393 e. The molecule has 0 radical (unpaired) electrons. The zero-order chi connectivity index (χ0) is 18.1. The van der Waals surface area contributed by atoms with Gasteiger partial charge in [-0.15, -0.1) is 0 Å². The van der Waals surface area contributed by atoms with E-state index in [0.717, 1.165) is 12.0 Å². The lowest BCUT2D eigenvalue weighted by molar-refractivity contribution is -0.205. The fourth-order valence-electron chi connectivity index (χ4n) is 6.33. The fourth-order valence-corrected chi connectivity index (χ4v) is 6.33. The third-order valence-corrected chi connectivity index (χ3v) is 7.34. The van der Waals surface area contributed by atoms with Gasteiger partial charge in [0.05, 0.1) is 17.8 Å². The van der Waals surface area contributed by atoms with Crippen LogP contribution in [0.2, 0.25) is 0 Å². The zero-order valence-electron chi connectivity index (χ0n) is 15.8. The number of fused-ring (bicyclic) bond motifs is 3. The molecule has 2 N–H and O–H groups in total. The molecule has 3 rings (SSSR count). The number of hydrogen-bond acceptors (Lipinski definition) is 4. The van der Waals surface area contributed by atoms with E-state index in [9.17, 15) is 15.0 Å². The van der Waals surface area contributed by atoms with Crippen LogP contribution in [0.5, 0.6) is 0 Å². The van der Waals surface area contributed by atoms with Crippen molar-refractivity contribution in [1.29, 1.82) is 0 Å². The number of carbonyl (C=O) groups is 1. The van der Waals surface area contributed by atoms with E-state index < -0.39 is 29.3 Å². The van der Waals surface area contributed by atoms with Crippen LogP contribution in [0.15, 0.2) is 11.6 Å². The van der Waals surface area contributed by atoms with Gasteiger partial charge < -0.3 is 14.9 Å². The van der Waals surface area contributed by atoms with Gasteiger partial charge >= 0.3 is 0 Å². The van der Waals surface area contributed by atoms with Crippen molar-refractivity contribution < 1.29 is 19.7 Å². The number of ether oxygens (including phenoxy) is 1. The molecule has 0 unspecified atom stereocenters. The van der Waals surface area contributed by atoms with Crippen molar-refractivity contribution in [3.05, 3.63) is 11.6 Å². The maximum absolute atomic E-state index is 13.1. The van der Waals surface area contributed by atoms with Crippen LogP contribution in [-0.4, -0.2) is 39.9 Å². The number of ketones is 1. The molecule has 4 heteroatoms. The molecule has 0 aromatic carbocycles. The van der Waals surface area contributed by atoms with Gasteiger partial charge in [-0.05, 0) is 38.2 Å². The highest BCUT2D eigenvalue weighted by Crippen LogP contribution is 2.64. The smallest absolute Gasteiger partial charge is 0.139 e. The van der Waals surface area contributed by atoms with Gasteiger partial charge in [-0.3, -0.25) is 4.79 Å². The second-order valence-corrected chi connectivity index (χ2v) is 9.30. The lowest BCUT2D eigenvalue weighted by Gasteiger charge is -2.60. The highest BCUT2D eigenvalue weighted by atomic mass is 16.5. The first-order valence-electron chi connectivity index (χ1n) is 9.19. The zero-order valence-corrected chi connectivity index (χ0v) is 15.8. The fraction of sp³-hybridized carbons (Fsp3) is 0.850. The van der Waals surface area contributed by atoms with E-state index in [2.05, 4.69) is 13.8 Å². The monoisotopic (exact) mass is 336 g/mol. The maximum Gasteiger partial charge on any atom is 0.139 e. The molecule has 1 aliphatic heterocycles. The van der Waals surface area contributed by atoms with Crippen LogP contribution < -0.4 is 0 Å². The number of Topliss-reactive ketones (excluding diaryl/α,β-unsaturated/α-hetero) is 1. The van der Waals surface area contributed by atoms with Gasteiger partial charge in [-0.1, -0.05) is 26.8 Å². The van der Waals surface area contributed by atoms with Gasteiger partial charge in [-0.2, -0.15) is 0 Å². The van der Waals surface area contributed by atoms with Crippen molar-refractivity contribution >= 4 is 5.78 Å². The Morgan fingerprint density at radius 3 is 2.42 bits per heavy atom. The molecule has 0 aromatic heterocycles. The summed E-state index contributed by atoms with van der Waals surface area (Å²) in [5.74, 6) is -0.263. The summed E-state index contributed by atoms with van der Waals surface area (Å²) < 4.78 is 6.29. The maximum atomic E-state index is 13.1. The molecule has 0 spiro atoms. The summed E-state index contributed by atoms with van der Waals surface area (Å²) in [5, 5.41) is 22.1. The number of aliphatic hydroxyl groups is 2. The number of carbonyl (C=O) groups excluding carboxylic acids is 1. The first-order valence-corrected chi connectivity index (χ1v) is 9.19. The summed E-state index contributed by atoms with van der Waals surface area (Å²) in [6.07, 6.45) is 2.03. The molecule has 3 fully saturated rings. The van der Waals surface area contributed by atoms with Crippen molar-refractivity contribution in [2.24, 2.45) is 22.7 Å². The van der Waals surface area contributed by atoms with E-state index >= 15 is 0 Å². The molecular weight excluding hydrogens is 304 g/mol. The van der Waals surface area contributed by atoms with Gasteiger partial charge in [0.1, 0.15) is 11.9 Å². The highest BCUT2D eigenvalue weighted by molar-refractivity contribution is 5.87. The molecule has 0 amide bonds. The topological polar surface area (TPSA) is 66.8 Å². The van der Waals surface area contributed by atoms with Crippen molar-refractivity contribution in [2.45, 2.75) is 84.7 Å². The number of rotatable bonds is 1. The summed E-state index contributed by atoms with van der Waals surface area (Å²) in [7, 11) is 0. The van der Waals surface area contributed by atoms with Crippen LogP contribution in [0, 0.1) is 22.7 Å². The molecule has 4 nitrogen and oxygen atoms in total. The molecule has 1 saturated heterocycles. The molecule has 136 valence electrons. The minimum atomic E-state index is -0.754. The Bertz CT molecular complexity index is 580. The lowest BCUT2D eigenvalue weighted by Crippen LogP contribution is -2.66. The Labute approximate surface area is 145 Å². The van der Waals surface area contributed by atoms with E-state index in [4.69, 9.17) is 4.74 Å². The van der Waals surface area contributed by atoms with E-state index in [0.29, 0.717) is 12.8 Å². The minimum absolute atomic E-state index is 0.128. The average molecular weight is 336 g/mol. The summed E-state index contributed by atoms with van der Waals surface area (Å²) in [6, 6.07) is 0. The van der Waals surface area contributed by atoms with Gasteiger partial charge in [-0.25, -0.2) is 0 Å². The normalized spacial score (nSPS) is 51.2. The molecule has 3 aliphatic rings. The molecule has 0 aromatic rings. The summed E-state index contributed by atoms with van der Waals surface area (Å²) >= 11 is 0. The van der Waals surface area contributed by atoms with Crippen LogP contribution in [0.25, 0.3) is 0 Å². The van der Waals surface area contributed by atoms with Gasteiger partial charge in [0.2, 0.25) is 0 Å². The molecule has 0 bridgehead atoms. The molecular formula is C20H32O4. The predicted molar refractivity (Wildman–Crippen MR) is 92.4 cm³/mol. The first-order chi connectivity index (χ1) is 11.0. The van der Waals surface area contributed by atoms with Crippen LogP contribution in [0.1, 0.15) is 60.8 Å². The third kappa shape index (κ3) is 2.19. The number of allylic oxidation sites excluding steroid dienone is 1. The van der Waals surface area contributed by atoms with Crippen molar-refractivity contribution in [3.8, 4) is 0 Å². The van der Waals surface area contributed by atoms with E-state index in [-0.39, 0.29) is 23.0 Å². The average Bonchev–Trinajstić information content (AvgIpc) is 2.74.